The van der Waals surface area contributed by atoms with Crippen LogP contribution in [0.15, 0.2) is 24.3 Å². The number of nitrogens with one attached hydrogen (secondary N) is 1. The van der Waals surface area contributed by atoms with Gasteiger partial charge in [0.15, 0.2) is 0 Å². The second-order valence-electron chi connectivity index (χ2n) is 6.52. The maximum Gasteiger partial charge on any atom is 0.253 e. The van der Waals surface area contributed by atoms with Crippen molar-refractivity contribution in [1.29, 1.82) is 0 Å². The van der Waals surface area contributed by atoms with Crippen molar-refractivity contribution in [3.05, 3.63) is 34.9 Å². The highest BCUT2D eigenvalue weighted by Crippen LogP contribution is 2.14. The number of nitrogens with zero attached hydrogens (tertiary/aromatic N) is 2. The number of amides is 2. The van der Waals surface area contributed by atoms with Crippen molar-refractivity contribution in [3.63, 3.8) is 0 Å². The zero-order valence-electron chi connectivity index (χ0n) is 14.2. The van der Waals surface area contributed by atoms with Gasteiger partial charge in [0, 0.05) is 49.9 Å². The number of carbonyl (C=O) groups is 2. The molecule has 136 valence electrons. The Labute approximate surface area is 153 Å². The van der Waals surface area contributed by atoms with Crippen LogP contribution in [-0.2, 0) is 9.53 Å². The Hall–Kier alpha value is -1.63. The lowest BCUT2D eigenvalue weighted by Crippen LogP contribution is -2.51. The lowest BCUT2D eigenvalue weighted by Gasteiger charge is -2.34. The van der Waals surface area contributed by atoms with Gasteiger partial charge in [0.1, 0.15) is 0 Å². The zero-order chi connectivity index (χ0) is 17.6. The van der Waals surface area contributed by atoms with E-state index in [0.717, 1.165) is 19.4 Å². The van der Waals surface area contributed by atoms with Crippen LogP contribution in [0.5, 0.6) is 0 Å². The van der Waals surface area contributed by atoms with Gasteiger partial charge in [-0.3, -0.25) is 14.5 Å². The van der Waals surface area contributed by atoms with Crippen molar-refractivity contribution >= 4 is 23.4 Å². The van der Waals surface area contributed by atoms with Crippen LogP contribution in [0.25, 0.3) is 0 Å². The average molecular weight is 366 g/mol. The van der Waals surface area contributed by atoms with E-state index in [1.54, 1.807) is 24.3 Å². The summed E-state index contributed by atoms with van der Waals surface area (Å²) in [6.45, 7) is 4.37. The molecule has 2 heterocycles. The number of rotatable bonds is 5. The second-order valence-corrected chi connectivity index (χ2v) is 6.95. The molecule has 2 aliphatic heterocycles. The molecule has 3 rings (SSSR count). The molecule has 7 heteroatoms. The van der Waals surface area contributed by atoms with Crippen molar-refractivity contribution in [2.24, 2.45) is 0 Å². The smallest absolute Gasteiger partial charge is 0.253 e. The van der Waals surface area contributed by atoms with Gasteiger partial charge in [-0.15, -0.1) is 0 Å². The van der Waals surface area contributed by atoms with Crippen LogP contribution in [0, 0.1) is 0 Å². The van der Waals surface area contributed by atoms with Gasteiger partial charge in [0.05, 0.1) is 12.6 Å². The first-order valence-corrected chi connectivity index (χ1v) is 9.15. The molecule has 0 aliphatic carbocycles. The Morgan fingerprint density at radius 1 is 1.24 bits per heavy atom. The molecule has 0 bridgehead atoms. The molecule has 0 aromatic heterocycles. The Bertz CT molecular complexity index is 611. The molecule has 2 aliphatic rings. The minimum absolute atomic E-state index is 0.00927. The van der Waals surface area contributed by atoms with Crippen molar-refractivity contribution < 1.29 is 14.3 Å². The third-order valence-electron chi connectivity index (χ3n) is 4.65. The van der Waals surface area contributed by atoms with E-state index < -0.39 is 0 Å². The molecule has 1 unspecified atom stereocenters. The molecular formula is C18H24ClN3O3. The fraction of sp³-hybridized carbons (Fsp3) is 0.556. The van der Waals surface area contributed by atoms with Gasteiger partial charge in [-0.2, -0.15) is 0 Å². The van der Waals surface area contributed by atoms with Gasteiger partial charge in [-0.1, -0.05) is 17.7 Å². The Balaban J connectivity index is 1.40. The molecular weight excluding hydrogens is 342 g/mol. The van der Waals surface area contributed by atoms with Crippen LogP contribution in [-0.4, -0.2) is 73.6 Å². The molecule has 1 aromatic rings. The van der Waals surface area contributed by atoms with E-state index in [1.165, 1.54) is 0 Å². The van der Waals surface area contributed by atoms with Gasteiger partial charge in [-0.05, 0) is 31.0 Å². The summed E-state index contributed by atoms with van der Waals surface area (Å²) in [4.78, 5) is 28.4. The predicted octanol–water partition coefficient (Wildman–Crippen LogP) is 1.39. The van der Waals surface area contributed by atoms with Gasteiger partial charge < -0.3 is 15.0 Å². The summed E-state index contributed by atoms with van der Waals surface area (Å²) in [5.74, 6) is 0.00935. The maximum atomic E-state index is 12.5. The molecule has 2 fully saturated rings. The number of carbonyl (C=O) groups excluding carboxylic acids is 2. The van der Waals surface area contributed by atoms with Crippen LogP contribution in [0.2, 0.25) is 5.02 Å². The van der Waals surface area contributed by atoms with Gasteiger partial charge >= 0.3 is 0 Å². The Morgan fingerprint density at radius 2 is 2.04 bits per heavy atom. The third kappa shape index (κ3) is 5.17. The number of piperazine rings is 1. The number of benzene rings is 1. The molecule has 1 aromatic carbocycles. The van der Waals surface area contributed by atoms with E-state index in [9.17, 15) is 9.59 Å². The van der Waals surface area contributed by atoms with Crippen molar-refractivity contribution in [2.75, 3.05) is 45.9 Å². The lowest BCUT2D eigenvalue weighted by atomic mass is 10.2. The molecule has 6 nitrogen and oxygen atoms in total. The first-order valence-electron chi connectivity index (χ1n) is 8.77. The first kappa shape index (κ1) is 18.2. The summed E-state index contributed by atoms with van der Waals surface area (Å²) in [5, 5.41) is 3.50. The van der Waals surface area contributed by atoms with Crippen LogP contribution in [0.3, 0.4) is 0 Å². The largest absolute Gasteiger partial charge is 0.376 e. The monoisotopic (exact) mass is 365 g/mol. The quantitative estimate of drug-likeness (QED) is 0.856. The standard InChI is InChI=1S/C18H24ClN3O3/c19-15-4-1-3-14(11-15)18(24)22-8-6-21(7-9-22)13-17(23)20-12-16-5-2-10-25-16/h1,3-4,11,16H,2,5-10,12-13H2,(H,20,23). The summed E-state index contributed by atoms with van der Waals surface area (Å²) in [5.41, 5.74) is 0.607. The van der Waals surface area contributed by atoms with E-state index in [-0.39, 0.29) is 17.9 Å². The number of hydrogen-bond acceptors (Lipinski definition) is 4. The summed E-state index contributed by atoms with van der Waals surface area (Å²) >= 11 is 5.95. The molecule has 25 heavy (non-hydrogen) atoms. The van der Waals surface area contributed by atoms with Crippen molar-refractivity contribution in [3.8, 4) is 0 Å². The normalized spacial score (nSPS) is 21.3. The van der Waals surface area contributed by atoms with Crippen LogP contribution < -0.4 is 5.32 Å². The summed E-state index contributed by atoms with van der Waals surface area (Å²) in [6, 6.07) is 7.00. The van der Waals surface area contributed by atoms with E-state index in [0.29, 0.717) is 49.9 Å². The van der Waals surface area contributed by atoms with E-state index in [2.05, 4.69) is 10.2 Å². The summed E-state index contributed by atoms with van der Waals surface area (Å²) in [7, 11) is 0. The predicted molar refractivity (Wildman–Crippen MR) is 95.8 cm³/mol. The minimum atomic E-state index is -0.00927. The average Bonchev–Trinajstić information content (AvgIpc) is 3.14. The Morgan fingerprint density at radius 3 is 2.72 bits per heavy atom. The number of hydrogen-bond donors (Lipinski definition) is 1. The third-order valence-corrected chi connectivity index (χ3v) is 4.88. The highest BCUT2D eigenvalue weighted by atomic mass is 35.5. The molecule has 0 saturated carbocycles. The fourth-order valence-corrected chi connectivity index (χ4v) is 3.40. The molecule has 0 radical (unpaired) electrons. The molecule has 0 spiro atoms. The molecule has 1 atom stereocenters. The molecule has 1 N–H and O–H groups in total. The fourth-order valence-electron chi connectivity index (χ4n) is 3.21. The highest BCUT2D eigenvalue weighted by molar-refractivity contribution is 6.30. The van der Waals surface area contributed by atoms with Crippen LogP contribution >= 0.6 is 11.6 Å². The summed E-state index contributed by atoms with van der Waals surface area (Å²) < 4.78 is 5.50. The van der Waals surface area contributed by atoms with E-state index in [4.69, 9.17) is 16.3 Å². The summed E-state index contributed by atoms with van der Waals surface area (Å²) in [6.07, 6.45) is 2.25. The van der Waals surface area contributed by atoms with Crippen LogP contribution in [0.4, 0.5) is 0 Å². The lowest BCUT2D eigenvalue weighted by molar-refractivity contribution is -0.123. The zero-order valence-corrected chi connectivity index (χ0v) is 15.0. The first-order chi connectivity index (χ1) is 12.1. The maximum absolute atomic E-state index is 12.5. The number of ether oxygens (including phenoxy) is 1. The SMILES string of the molecule is O=C(CN1CCN(C(=O)c2cccc(Cl)c2)CC1)NCC1CCCO1. The second kappa shape index (κ2) is 8.65. The molecule has 2 saturated heterocycles. The highest BCUT2D eigenvalue weighted by Gasteiger charge is 2.24. The minimum Gasteiger partial charge on any atom is -0.376 e. The van der Waals surface area contributed by atoms with Gasteiger partial charge in [0.25, 0.3) is 5.91 Å². The topological polar surface area (TPSA) is 61.9 Å². The molecule has 2 amide bonds. The van der Waals surface area contributed by atoms with Gasteiger partial charge in [0.2, 0.25) is 5.91 Å². The number of halogens is 1. The van der Waals surface area contributed by atoms with Crippen LogP contribution in [0.1, 0.15) is 23.2 Å². The van der Waals surface area contributed by atoms with Gasteiger partial charge in [-0.25, -0.2) is 0 Å². The van der Waals surface area contributed by atoms with E-state index >= 15 is 0 Å². The van der Waals surface area contributed by atoms with E-state index in [1.807, 2.05) is 4.90 Å². The Kier molecular flexibility index (Phi) is 6.29. The van der Waals surface area contributed by atoms with Crippen molar-refractivity contribution in [1.82, 2.24) is 15.1 Å². The van der Waals surface area contributed by atoms with Crippen molar-refractivity contribution in [2.45, 2.75) is 18.9 Å².